The van der Waals surface area contributed by atoms with Gasteiger partial charge < -0.3 is 5.11 Å². The van der Waals surface area contributed by atoms with Crippen LogP contribution >= 0.6 is 31.9 Å². The maximum atomic E-state index is 12.9. The number of halogens is 3. The van der Waals surface area contributed by atoms with Crippen LogP contribution in [0.25, 0.3) is 0 Å². The van der Waals surface area contributed by atoms with Crippen LogP contribution in [-0.4, -0.2) is 11.1 Å². The number of rotatable bonds is 2. The van der Waals surface area contributed by atoms with E-state index in [0.717, 1.165) is 6.07 Å². The van der Waals surface area contributed by atoms with Gasteiger partial charge in [-0.25, -0.2) is 9.18 Å². The van der Waals surface area contributed by atoms with Crippen LogP contribution in [0.15, 0.2) is 16.6 Å². The number of benzene rings is 1. The molecule has 1 rings (SSSR count). The highest BCUT2D eigenvalue weighted by molar-refractivity contribution is 9.10. The Balaban J connectivity index is 3.38. The smallest absolute Gasteiger partial charge is 0.336 e. The van der Waals surface area contributed by atoms with Gasteiger partial charge >= 0.3 is 5.97 Å². The number of carboxylic acids is 1. The first-order valence-corrected chi connectivity index (χ1v) is 5.25. The fourth-order valence-electron chi connectivity index (χ4n) is 0.924. The van der Waals surface area contributed by atoms with Gasteiger partial charge in [0.15, 0.2) is 0 Å². The number of aromatic carboxylic acids is 1. The maximum absolute atomic E-state index is 12.9. The Morgan fingerprint density at radius 3 is 2.62 bits per heavy atom. The van der Waals surface area contributed by atoms with E-state index in [9.17, 15) is 9.18 Å². The van der Waals surface area contributed by atoms with E-state index >= 15 is 0 Å². The van der Waals surface area contributed by atoms with Gasteiger partial charge in [0.05, 0.1) is 10.0 Å². The average molecular weight is 312 g/mol. The van der Waals surface area contributed by atoms with Crippen molar-refractivity contribution in [2.24, 2.45) is 0 Å². The van der Waals surface area contributed by atoms with Gasteiger partial charge in [-0.05, 0) is 33.6 Å². The van der Waals surface area contributed by atoms with Crippen LogP contribution in [0.5, 0.6) is 0 Å². The third kappa shape index (κ3) is 2.08. The molecule has 0 radical (unpaired) electrons. The Morgan fingerprint density at radius 1 is 1.54 bits per heavy atom. The highest BCUT2D eigenvalue weighted by Crippen LogP contribution is 2.26. The number of carbonyl (C=O) groups is 1. The Bertz CT molecular complexity index is 352. The molecule has 0 saturated heterocycles. The van der Waals surface area contributed by atoms with Gasteiger partial charge in [0, 0.05) is 5.33 Å². The largest absolute Gasteiger partial charge is 0.478 e. The van der Waals surface area contributed by atoms with Crippen LogP contribution in [-0.2, 0) is 5.33 Å². The van der Waals surface area contributed by atoms with E-state index in [4.69, 9.17) is 5.11 Å². The Kier molecular flexibility index (Phi) is 3.44. The molecule has 13 heavy (non-hydrogen) atoms. The van der Waals surface area contributed by atoms with Gasteiger partial charge in [0.25, 0.3) is 0 Å². The summed E-state index contributed by atoms with van der Waals surface area (Å²) in [5.74, 6) is -1.52. The normalized spacial score (nSPS) is 10.1. The molecule has 0 aromatic heterocycles. The quantitative estimate of drug-likeness (QED) is 0.852. The summed E-state index contributed by atoms with van der Waals surface area (Å²) in [4.78, 5) is 10.7. The molecule has 0 unspecified atom stereocenters. The maximum Gasteiger partial charge on any atom is 0.336 e. The zero-order valence-corrected chi connectivity index (χ0v) is 9.52. The summed E-state index contributed by atoms with van der Waals surface area (Å²) in [6, 6.07) is 2.37. The molecular formula is C8H5Br2FO2. The van der Waals surface area contributed by atoms with E-state index in [1.54, 1.807) is 0 Å². The topological polar surface area (TPSA) is 37.3 Å². The molecule has 70 valence electrons. The van der Waals surface area contributed by atoms with Crippen LogP contribution in [0, 0.1) is 5.82 Å². The van der Waals surface area contributed by atoms with Crippen molar-refractivity contribution in [1.82, 2.24) is 0 Å². The van der Waals surface area contributed by atoms with Crippen molar-refractivity contribution in [3.8, 4) is 0 Å². The molecule has 0 heterocycles. The SMILES string of the molecule is O=C(O)c1ccc(F)c(Br)c1CBr. The van der Waals surface area contributed by atoms with E-state index < -0.39 is 11.8 Å². The lowest BCUT2D eigenvalue weighted by atomic mass is 10.1. The molecule has 1 aromatic carbocycles. The van der Waals surface area contributed by atoms with Gasteiger partial charge in [-0.2, -0.15) is 0 Å². The van der Waals surface area contributed by atoms with E-state index in [-0.39, 0.29) is 10.0 Å². The molecule has 1 aromatic rings. The highest BCUT2D eigenvalue weighted by atomic mass is 79.9. The van der Waals surface area contributed by atoms with E-state index in [1.807, 2.05) is 0 Å². The molecule has 2 nitrogen and oxygen atoms in total. The lowest BCUT2D eigenvalue weighted by molar-refractivity contribution is 0.0696. The van der Waals surface area contributed by atoms with Gasteiger partial charge in [-0.15, -0.1) is 0 Å². The standard InChI is InChI=1S/C8H5Br2FO2/c9-3-5-4(8(12)13)1-2-6(11)7(5)10/h1-2H,3H2,(H,12,13). The van der Waals surface area contributed by atoms with Crippen molar-refractivity contribution in [2.45, 2.75) is 5.33 Å². The monoisotopic (exact) mass is 310 g/mol. The van der Waals surface area contributed by atoms with Gasteiger partial charge in [0.2, 0.25) is 0 Å². The molecule has 0 spiro atoms. The minimum Gasteiger partial charge on any atom is -0.478 e. The number of hydrogen-bond acceptors (Lipinski definition) is 1. The van der Waals surface area contributed by atoms with E-state index in [1.165, 1.54) is 6.07 Å². The summed E-state index contributed by atoms with van der Waals surface area (Å²) in [5, 5.41) is 9.05. The molecule has 0 atom stereocenters. The van der Waals surface area contributed by atoms with Crippen molar-refractivity contribution in [1.29, 1.82) is 0 Å². The Morgan fingerprint density at radius 2 is 2.15 bits per heavy atom. The number of alkyl halides is 1. The molecule has 0 aliphatic heterocycles. The molecule has 0 aliphatic rings. The number of hydrogen-bond donors (Lipinski definition) is 1. The predicted molar refractivity (Wildman–Crippen MR) is 53.7 cm³/mol. The fraction of sp³-hybridized carbons (Fsp3) is 0.125. The van der Waals surface area contributed by atoms with E-state index in [0.29, 0.717) is 10.9 Å². The van der Waals surface area contributed by atoms with Crippen molar-refractivity contribution in [3.63, 3.8) is 0 Å². The molecule has 0 fully saturated rings. The second kappa shape index (κ2) is 4.19. The second-order valence-electron chi connectivity index (χ2n) is 2.33. The molecule has 0 amide bonds. The molecule has 5 heteroatoms. The summed E-state index contributed by atoms with van der Waals surface area (Å²) < 4.78 is 13.1. The molecule has 0 bridgehead atoms. The zero-order valence-electron chi connectivity index (χ0n) is 6.35. The van der Waals surface area contributed by atoms with Gasteiger partial charge in [-0.1, -0.05) is 15.9 Å². The summed E-state index contributed by atoms with van der Waals surface area (Å²) in [7, 11) is 0. The van der Waals surface area contributed by atoms with Crippen molar-refractivity contribution in [3.05, 3.63) is 33.5 Å². The summed E-state index contributed by atoms with van der Waals surface area (Å²) in [5.41, 5.74) is 0.512. The van der Waals surface area contributed by atoms with Crippen LogP contribution < -0.4 is 0 Å². The first-order chi connectivity index (χ1) is 6.07. The van der Waals surface area contributed by atoms with Crippen LogP contribution in [0.2, 0.25) is 0 Å². The average Bonchev–Trinajstić information content (AvgIpc) is 2.09. The van der Waals surface area contributed by atoms with Crippen molar-refractivity contribution < 1.29 is 14.3 Å². The minimum absolute atomic E-state index is 0.102. The molecular weight excluding hydrogens is 307 g/mol. The summed E-state index contributed by atoms with van der Waals surface area (Å²) in [6.45, 7) is 0. The van der Waals surface area contributed by atoms with Gasteiger partial charge in [0.1, 0.15) is 5.82 Å². The molecule has 0 saturated carbocycles. The van der Waals surface area contributed by atoms with Crippen LogP contribution in [0.1, 0.15) is 15.9 Å². The summed E-state index contributed by atoms with van der Waals surface area (Å²) in [6.07, 6.45) is 0. The van der Waals surface area contributed by atoms with E-state index in [2.05, 4.69) is 31.9 Å². The Hall–Kier alpha value is -0.420. The van der Waals surface area contributed by atoms with Crippen molar-refractivity contribution in [2.75, 3.05) is 0 Å². The Labute approximate surface area is 91.0 Å². The molecule has 1 N–H and O–H groups in total. The predicted octanol–water partition coefficient (Wildman–Crippen LogP) is 3.18. The lowest BCUT2D eigenvalue weighted by Gasteiger charge is -2.05. The fourth-order valence-corrected chi connectivity index (χ4v) is 2.37. The van der Waals surface area contributed by atoms with Crippen LogP contribution in [0.4, 0.5) is 4.39 Å². The number of carboxylic acid groups (broad SMARTS) is 1. The van der Waals surface area contributed by atoms with Crippen molar-refractivity contribution >= 4 is 37.8 Å². The molecule has 0 aliphatic carbocycles. The van der Waals surface area contributed by atoms with Gasteiger partial charge in [-0.3, -0.25) is 0 Å². The highest BCUT2D eigenvalue weighted by Gasteiger charge is 2.14. The lowest BCUT2D eigenvalue weighted by Crippen LogP contribution is -2.02. The third-order valence-corrected chi connectivity index (χ3v) is 2.98. The minimum atomic E-state index is -1.06. The zero-order chi connectivity index (χ0) is 10.0. The third-order valence-electron chi connectivity index (χ3n) is 1.56. The first kappa shape index (κ1) is 10.7. The second-order valence-corrected chi connectivity index (χ2v) is 3.68. The van der Waals surface area contributed by atoms with Crippen LogP contribution in [0.3, 0.4) is 0 Å². The summed E-state index contributed by atoms with van der Waals surface area (Å²) >= 11 is 6.09. The first-order valence-electron chi connectivity index (χ1n) is 3.34.